The van der Waals surface area contributed by atoms with Gasteiger partial charge in [0, 0.05) is 21.3 Å². The van der Waals surface area contributed by atoms with Gasteiger partial charge in [0.25, 0.3) is 0 Å². The molecule has 1 aromatic heterocycles. The smallest absolute Gasteiger partial charge is 0.240 e. The van der Waals surface area contributed by atoms with Crippen LogP contribution in [0.1, 0.15) is 4.88 Å². The van der Waals surface area contributed by atoms with Crippen molar-refractivity contribution in [3.63, 3.8) is 0 Å². The van der Waals surface area contributed by atoms with E-state index in [-0.39, 0.29) is 11.4 Å². The number of benzene rings is 1. The maximum absolute atomic E-state index is 12.2. The summed E-state index contributed by atoms with van der Waals surface area (Å²) in [5.74, 6) is 0.589. The molecule has 0 fully saturated rings. The molecule has 4 nitrogen and oxygen atoms in total. The van der Waals surface area contributed by atoms with Gasteiger partial charge in [0.2, 0.25) is 10.0 Å². The number of sulfonamides is 1. The molecule has 0 amide bonds. The Balaban J connectivity index is 2.15. The lowest BCUT2D eigenvalue weighted by Crippen LogP contribution is -2.22. The van der Waals surface area contributed by atoms with E-state index < -0.39 is 10.0 Å². The average Bonchev–Trinajstić information content (AvgIpc) is 2.82. The Bertz CT molecular complexity index is 713. The lowest BCUT2D eigenvalue weighted by Gasteiger charge is -2.08. The topological polar surface area (TPSA) is 55.4 Å². The third-order valence-electron chi connectivity index (χ3n) is 2.49. The van der Waals surface area contributed by atoms with Crippen LogP contribution in [0.25, 0.3) is 0 Å². The first-order valence-corrected chi connectivity index (χ1v) is 9.43. The minimum Gasteiger partial charge on any atom is -0.496 e. The number of nitrogens with one attached hydrogen (secondary N) is 1. The normalized spacial score (nSPS) is 11.6. The molecule has 0 radical (unpaired) electrons. The molecule has 0 saturated carbocycles. The zero-order valence-electron chi connectivity index (χ0n) is 10.4. The van der Waals surface area contributed by atoms with Crippen molar-refractivity contribution in [1.29, 1.82) is 0 Å². The summed E-state index contributed by atoms with van der Waals surface area (Å²) in [6, 6.07) is 6.53. The molecule has 0 atom stereocenters. The SMILES string of the molecule is COc1ccc(S(=O)(=O)NCc2cc(Br)cs2)cc1Br. The number of methoxy groups -OCH3 is 1. The largest absolute Gasteiger partial charge is 0.496 e. The standard InChI is InChI=1S/C12H11Br2NO3S2/c1-18-12-3-2-10(5-11(12)14)20(16,17)15-6-9-4-8(13)7-19-9/h2-5,7,15H,6H2,1H3. The molecule has 2 rings (SSSR count). The van der Waals surface area contributed by atoms with E-state index in [1.807, 2.05) is 11.4 Å². The van der Waals surface area contributed by atoms with Gasteiger partial charge in [-0.05, 0) is 56.1 Å². The molecule has 0 aliphatic rings. The van der Waals surface area contributed by atoms with Gasteiger partial charge in [0.1, 0.15) is 5.75 Å². The van der Waals surface area contributed by atoms with Gasteiger partial charge in [0.15, 0.2) is 0 Å². The Labute approximate surface area is 138 Å². The second kappa shape index (κ2) is 6.57. The quantitative estimate of drug-likeness (QED) is 0.769. The molecule has 20 heavy (non-hydrogen) atoms. The third-order valence-corrected chi connectivity index (χ3v) is 6.21. The molecule has 0 unspecified atom stereocenters. The molecule has 2 aromatic rings. The Morgan fingerprint density at radius 2 is 2.05 bits per heavy atom. The van der Waals surface area contributed by atoms with E-state index in [1.54, 1.807) is 6.07 Å². The molecule has 0 aliphatic carbocycles. The molecule has 8 heteroatoms. The van der Waals surface area contributed by atoms with E-state index in [2.05, 4.69) is 36.6 Å². The van der Waals surface area contributed by atoms with E-state index >= 15 is 0 Å². The maximum Gasteiger partial charge on any atom is 0.240 e. The zero-order valence-corrected chi connectivity index (χ0v) is 15.2. The van der Waals surface area contributed by atoms with Crippen LogP contribution in [-0.2, 0) is 16.6 Å². The van der Waals surface area contributed by atoms with Gasteiger partial charge in [-0.3, -0.25) is 0 Å². The number of halogens is 2. The van der Waals surface area contributed by atoms with Gasteiger partial charge in [-0.1, -0.05) is 0 Å². The highest BCUT2D eigenvalue weighted by atomic mass is 79.9. The first-order valence-electron chi connectivity index (χ1n) is 5.48. The highest BCUT2D eigenvalue weighted by molar-refractivity contribution is 9.10. The Hall–Kier alpha value is -0.410. The van der Waals surface area contributed by atoms with E-state index in [4.69, 9.17) is 4.74 Å². The molecule has 1 heterocycles. The predicted octanol–water partition coefficient (Wildman–Crippen LogP) is 3.76. The average molecular weight is 441 g/mol. The summed E-state index contributed by atoms with van der Waals surface area (Å²) in [5, 5.41) is 1.91. The van der Waals surface area contributed by atoms with Crippen molar-refractivity contribution in [2.24, 2.45) is 0 Å². The van der Waals surface area contributed by atoms with Crippen molar-refractivity contribution in [2.75, 3.05) is 7.11 Å². The number of thiophene rings is 1. The summed E-state index contributed by atoms with van der Waals surface area (Å²) >= 11 is 8.11. The molecule has 0 aliphatic heterocycles. The minimum absolute atomic E-state index is 0.195. The van der Waals surface area contributed by atoms with Crippen LogP contribution in [0.5, 0.6) is 5.75 Å². The van der Waals surface area contributed by atoms with Crippen molar-refractivity contribution in [2.45, 2.75) is 11.4 Å². The second-order valence-corrected chi connectivity index (χ2v) is 8.38. The fraction of sp³-hybridized carbons (Fsp3) is 0.167. The molecular weight excluding hydrogens is 430 g/mol. The van der Waals surface area contributed by atoms with E-state index in [0.717, 1.165) is 9.35 Å². The first kappa shape index (κ1) is 16.0. The summed E-state index contributed by atoms with van der Waals surface area (Å²) in [5.41, 5.74) is 0. The van der Waals surface area contributed by atoms with E-state index in [9.17, 15) is 8.42 Å². The van der Waals surface area contributed by atoms with Crippen LogP contribution in [0.2, 0.25) is 0 Å². The fourth-order valence-electron chi connectivity index (χ4n) is 1.51. The first-order chi connectivity index (χ1) is 9.42. The second-order valence-electron chi connectivity index (χ2n) is 3.85. The molecule has 1 aromatic carbocycles. The maximum atomic E-state index is 12.2. The van der Waals surface area contributed by atoms with Gasteiger partial charge in [-0.15, -0.1) is 11.3 Å². The van der Waals surface area contributed by atoms with Crippen LogP contribution in [-0.4, -0.2) is 15.5 Å². The highest BCUT2D eigenvalue weighted by Crippen LogP contribution is 2.27. The summed E-state index contributed by atoms with van der Waals surface area (Å²) in [6.07, 6.45) is 0. The van der Waals surface area contributed by atoms with Crippen LogP contribution >= 0.6 is 43.2 Å². The molecule has 0 spiro atoms. The van der Waals surface area contributed by atoms with Gasteiger partial charge in [0.05, 0.1) is 16.5 Å². The van der Waals surface area contributed by atoms with E-state index in [0.29, 0.717) is 10.2 Å². The molecule has 0 saturated heterocycles. The number of hydrogen-bond donors (Lipinski definition) is 1. The monoisotopic (exact) mass is 439 g/mol. The minimum atomic E-state index is -3.54. The molecule has 0 bridgehead atoms. The van der Waals surface area contributed by atoms with Crippen LogP contribution in [0.4, 0.5) is 0 Å². The molecule has 1 N–H and O–H groups in total. The molecular formula is C12H11Br2NO3S2. The van der Waals surface area contributed by atoms with Crippen molar-refractivity contribution in [1.82, 2.24) is 4.72 Å². The fourth-order valence-corrected chi connectivity index (χ4v) is 4.72. The van der Waals surface area contributed by atoms with Crippen molar-refractivity contribution < 1.29 is 13.2 Å². The third kappa shape index (κ3) is 3.82. The van der Waals surface area contributed by atoms with Gasteiger partial charge in [-0.25, -0.2) is 13.1 Å². The van der Waals surface area contributed by atoms with Crippen LogP contribution in [0, 0.1) is 0 Å². The Morgan fingerprint density at radius 3 is 2.60 bits per heavy atom. The predicted molar refractivity (Wildman–Crippen MR) is 86.7 cm³/mol. The van der Waals surface area contributed by atoms with Crippen LogP contribution in [0.15, 0.2) is 43.5 Å². The number of ether oxygens (including phenoxy) is 1. The van der Waals surface area contributed by atoms with Crippen molar-refractivity contribution in [3.05, 3.63) is 43.5 Å². The van der Waals surface area contributed by atoms with E-state index in [1.165, 1.54) is 30.6 Å². The highest BCUT2D eigenvalue weighted by Gasteiger charge is 2.16. The summed E-state index contributed by atoms with van der Waals surface area (Å²) < 4.78 is 33.6. The van der Waals surface area contributed by atoms with Gasteiger partial charge < -0.3 is 4.74 Å². The van der Waals surface area contributed by atoms with Crippen molar-refractivity contribution >= 4 is 53.2 Å². The lowest BCUT2D eigenvalue weighted by atomic mass is 10.3. The Kier molecular flexibility index (Phi) is 5.25. The number of hydrogen-bond acceptors (Lipinski definition) is 4. The number of rotatable bonds is 5. The van der Waals surface area contributed by atoms with Crippen LogP contribution < -0.4 is 9.46 Å². The Morgan fingerprint density at radius 1 is 1.30 bits per heavy atom. The van der Waals surface area contributed by atoms with Crippen molar-refractivity contribution in [3.8, 4) is 5.75 Å². The molecule has 108 valence electrons. The lowest BCUT2D eigenvalue weighted by molar-refractivity contribution is 0.411. The van der Waals surface area contributed by atoms with Gasteiger partial charge >= 0.3 is 0 Å². The summed E-state index contributed by atoms with van der Waals surface area (Å²) in [4.78, 5) is 1.13. The summed E-state index contributed by atoms with van der Waals surface area (Å²) in [6.45, 7) is 0.266. The summed E-state index contributed by atoms with van der Waals surface area (Å²) in [7, 11) is -2.01. The van der Waals surface area contributed by atoms with Crippen LogP contribution in [0.3, 0.4) is 0 Å². The zero-order chi connectivity index (χ0) is 14.8. The van der Waals surface area contributed by atoms with Gasteiger partial charge in [-0.2, -0.15) is 0 Å².